The average Bonchev–Trinajstić information content (AvgIpc) is 3.28. The number of para-hydroxylation sites is 1. The highest BCUT2D eigenvalue weighted by molar-refractivity contribution is 9.11. The van der Waals surface area contributed by atoms with Gasteiger partial charge in [-0.2, -0.15) is 0 Å². The number of likely N-dealkylation sites (tertiary alicyclic amines) is 2. The predicted molar refractivity (Wildman–Crippen MR) is 198 cm³/mol. The summed E-state index contributed by atoms with van der Waals surface area (Å²) in [5.41, 5.74) is 1.58. The van der Waals surface area contributed by atoms with Gasteiger partial charge in [0.25, 0.3) is 5.91 Å². The van der Waals surface area contributed by atoms with Gasteiger partial charge in [0.05, 0.1) is 20.8 Å². The number of aliphatic hydroxyl groups is 1. The molecule has 0 saturated carbocycles. The Morgan fingerprint density at radius 1 is 0.961 bits per heavy atom. The number of hydrogen-bond donors (Lipinski definition) is 3. The zero-order chi connectivity index (χ0) is 36.5. The lowest BCUT2D eigenvalue weighted by molar-refractivity contribution is -0.145. The van der Waals surface area contributed by atoms with E-state index < -0.39 is 27.8 Å². The minimum Gasteiger partial charge on any atom is -0.506 e. The van der Waals surface area contributed by atoms with E-state index in [2.05, 4.69) is 37.2 Å². The largest absolute Gasteiger partial charge is 0.506 e. The number of phenolic OH excluding ortho intramolecular Hbond substituents is 1. The molecule has 2 aromatic carbocycles. The molecule has 4 aliphatic rings. The number of hydrogen-bond acceptors (Lipinski definition) is 8. The lowest BCUT2D eigenvalue weighted by Crippen LogP contribution is -2.54. The number of carbonyl (C=O) groups excluding carboxylic acids is 3. The normalized spacial score (nSPS) is 21.4. The summed E-state index contributed by atoms with van der Waals surface area (Å²) < 4.78 is 32.2. The molecule has 3 N–H and O–H groups in total. The van der Waals surface area contributed by atoms with Crippen LogP contribution in [0.15, 0.2) is 45.3 Å². The van der Waals surface area contributed by atoms with Gasteiger partial charge in [-0.25, -0.2) is 22.3 Å². The van der Waals surface area contributed by atoms with Crippen LogP contribution in [0.5, 0.6) is 5.75 Å². The van der Waals surface area contributed by atoms with Gasteiger partial charge in [0.15, 0.2) is 6.10 Å². The van der Waals surface area contributed by atoms with E-state index in [1.165, 1.54) is 10.6 Å². The lowest BCUT2D eigenvalue weighted by Gasteiger charge is -2.45. The molecule has 0 spiro atoms. The van der Waals surface area contributed by atoms with E-state index in [-0.39, 0.29) is 49.2 Å². The van der Waals surface area contributed by atoms with E-state index in [9.17, 15) is 33.0 Å². The van der Waals surface area contributed by atoms with Crippen molar-refractivity contribution in [3.05, 3.63) is 56.5 Å². The van der Waals surface area contributed by atoms with Crippen molar-refractivity contribution in [1.29, 1.82) is 0 Å². The molecule has 0 radical (unpaired) electrons. The molecule has 4 amide bonds. The van der Waals surface area contributed by atoms with Gasteiger partial charge in [-0.05, 0) is 112 Å². The quantitative estimate of drug-likeness (QED) is 0.366. The number of benzene rings is 2. The molecule has 0 aliphatic carbocycles. The van der Waals surface area contributed by atoms with Crippen molar-refractivity contribution in [2.75, 3.05) is 57.4 Å². The number of nitrogens with one attached hydrogen (secondary N) is 1. The topological polar surface area (TPSA) is 160 Å². The first-order valence-corrected chi connectivity index (χ1v) is 20.9. The predicted octanol–water partition coefficient (Wildman–Crippen LogP) is 4.54. The minimum absolute atomic E-state index is 0.0193. The summed E-state index contributed by atoms with van der Waals surface area (Å²) in [4.78, 5) is 45.9. The van der Waals surface area contributed by atoms with Crippen LogP contribution in [-0.4, -0.2) is 125 Å². The minimum atomic E-state index is -3.32. The Labute approximate surface area is 315 Å². The highest BCUT2D eigenvalue weighted by atomic mass is 79.9. The van der Waals surface area contributed by atoms with Crippen molar-refractivity contribution >= 4 is 65.6 Å². The van der Waals surface area contributed by atoms with Crippen LogP contribution >= 0.6 is 31.9 Å². The fourth-order valence-electron chi connectivity index (χ4n) is 7.88. The Balaban J connectivity index is 1.08. The third-order valence-corrected chi connectivity index (χ3v) is 13.5. The van der Waals surface area contributed by atoms with Crippen molar-refractivity contribution in [2.24, 2.45) is 5.92 Å². The van der Waals surface area contributed by atoms with Gasteiger partial charge < -0.3 is 35.0 Å². The standard InChI is InChI=1S/C35H45Br2N5O8S/c1-51(48,49)41-18-11-35(47,12-19-41)25-7-13-39(14-8-25)32(44)30(22-23-20-27(36)31(43)28(37)21-23)50-34(46)40-15-9-26(10-16-40)42-17-6-24-4-2-3-5-29(24)38-33(42)45/h2-5,20-21,25-26,30,43,47H,6-19,22H2,1H3,(H,38,45)/t30-/m1/s1. The number of urea groups is 1. The molecule has 4 heterocycles. The smallest absolute Gasteiger partial charge is 0.410 e. The second-order valence-corrected chi connectivity index (χ2v) is 17.8. The van der Waals surface area contributed by atoms with Gasteiger partial charge >= 0.3 is 12.1 Å². The highest BCUT2D eigenvalue weighted by Gasteiger charge is 2.44. The number of sulfonamides is 1. The maximum atomic E-state index is 14.1. The number of nitrogens with zero attached hydrogens (tertiary/aromatic N) is 4. The average molecular weight is 856 g/mol. The molecule has 2 aromatic rings. The van der Waals surface area contributed by atoms with Gasteiger partial charge in [-0.15, -0.1) is 0 Å². The van der Waals surface area contributed by atoms with E-state index in [1.54, 1.807) is 21.9 Å². The molecule has 6 rings (SSSR count). The molecule has 3 saturated heterocycles. The summed E-state index contributed by atoms with van der Waals surface area (Å²) in [6, 6.07) is 11.0. The zero-order valence-electron chi connectivity index (χ0n) is 28.6. The van der Waals surface area contributed by atoms with E-state index >= 15 is 0 Å². The maximum Gasteiger partial charge on any atom is 0.410 e. The fraction of sp³-hybridized carbons (Fsp3) is 0.571. The molecule has 0 unspecified atom stereocenters. The van der Waals surface area contributed by atoms with Crippen LogP contribution < -0.4 is 5.32 Å². The number of anilines is 1. The molecule has 0 aromatic heterocycles. The third kappa shape index (κ3) is 8.66. The highest BCUT2D eigenvalue weighted by Crippen LogP contribution is 2.38. The SMILES string of the molecule is CS(=O)(=O)N1CCC(O)(C2CCN(C(=O)[C@@H](Cc3cc(Br)c(O)c(Br)c3)OC(=O)N3CCC(N4CCc5ccccc5NC4=O)CC3)CC2)CC1. The number of aromatic hydroxyl groups is 1. The molecule has 4 aliphatic heterocycles. The number of piperidine rings is 3. The first-order chi connectivity index (χ1) is 24.2. The van der Waals surface area contributed by atoms with Crippen molar-refractivity contribution < 1.29 is 37.8 Å². The number of amides is 4. The maximum absolute atomic E-state index is 14.1. The van der Waals surface area contributed by atoms with Crippen LogP contribution in [0.2, 0.25) is 0 Å². The monoisotopic (exact) mass is 853 g/mol. The van der Waals surface area contributed by atoms with Gasteiger partial charge in [0, 0.05) is 64.0 Å². The number of rotatable bonds is 7. The number of halogens is 2. The Morgan fingerprint density at radius 3 is 2.20 bits per heavy atom. The summed E-state index contributed by atoms with van der Waals surface area (Å²) >= 11 is 6.70. The van der Waals surface area contributed by atoms with E-state index in [0.717, 1.165) is 17.7 Å². The molecule has 278 valence electrons. The Morgan fingerprint density at radius 2 is 1.57 bits per heavy atom. The molecule has 1 atom stereocenters. The van der Waals surface area contributed by atoms with Crippen molar-refractivity contribution in [3.8, 4) is 5.75 Å². The van der Waals surface area contributed by atoms with Crippen LogP contribution in [0.4, 0.5) is 15.3 Å². The molecule has 51 heavy (non-hydrogen) atoms. The number of ether oxygens (including phenoxy) is 1. The van der Waals surface area contributed by atoms with Crippen molar-refractivity contribution in [1.82, 2.24) is 19.0 Å². The summed E-state index contributed by atoms with van der Waals surface area (Å²) in [6.07, 6.45) is 3.19. The second kappa shape index (κ2) is 15.6. The molecule has 16 heteroatoms. The van der Waals surface area contributed by atoms with Gasteiger partial charge in [-0.3, -0.25) is 4.79 Å². The van der Waals surface area contributed by atoms with Crippen LogP contribution in [-0.2, 0) is 32.4 Å². The number of phenols is 1. The molecular formula is C35H45Br2N5O8S. The van der Waals surface area contributed by atoms with E-state index in [0.29, 0.717) is 85.8 Å². The molecule has 0 bridgehead atoms. The van der Waals surface area contributed by atoms with Crippen LogP contribution in [0.1, 0.15) is 49.7 Å². The summed E-state index contributed by atoms with van der Waals surface area (Å²) in [7, 11) is -3.32. The van der Waals surface area contributed by atoms with Crippen molar-refractivity contribution in [2.45, 2.75) is 69.1 Å². The van der Waals surface area contributed by atoms with E-state index in [4.69, 9.17) is 4.74 Å². The second-order valence-electron chi connectivity index (χ2n) is 14.1. The van der Waals surface area contributed by atoms with Crippen LogP contribution in [0, 0.1) is 5.92 Å². The zero-order valence-corrected chi connectivity index (χ0v) is 32.6. The van der Waals surface area contributed by atoms with Gasteiger partial charge in [0.1, 0.15) is 5.75 Å². The summed E-state index contributed by atoms with van der Waals surface area (Å²) in [5.74, 6) is -0.405. The molecule has 3 fully saturated rings. The summed E-state index contributed by atoms with van der Waals surface area (Å²) in [6.45, 7) is 2.59. The van der Waals surface area contributed by atoms with Crippen molar-refractivity contribution in [3.63, 3.8) is 0 Å². The Bertz CT molecular complexity index is 1720. The lowest BCUT2D eigenvalue weighted by atomic mass is 9.75. The van der Waals surface area contributed by atoms with Gasteiger partial charge in [0.2, 0.25) is 10.0 Å². The summed E-state index contributed by atoms with van der Waals surface area (Å²) in [5, 5.41) is 24.7. The van der Waals surface area contributed by atoms with Gasteiger partial charge in [-0.1, -0.05) is 18.2 Å². The van der Waals surface area contributed by atoms with Crippen LogP contribution in [0.25, 0.3) is 0 Å². The number of fused-ring (bicyclic) bond motifs is 1. The first kappa shape index (κ1) is 37.8. The molecular weight excluding hydrogens is 810 g/mol. The Kier molecular flexibility index (Phi) is 11.6. The Hall–Kier alpha value is -2.92. The first-order valence-electron chi connectivity index (χ1n) is 17.5. The van der Waals surface area contributed by atoms with Crippen LogP contribution in [0.3, 0.4) is 0 Å². The van der Waals surface area contributed by atoms with E-state index in [1.807, 2.05) is 29.2 Å². The number of carbonyl (C=O) groups is 3. The molecule has 13 nitrogen and oxygen atoms in total. The fourth-order valence-corrected chi connectivity index (χ4v) is 10.0. The third-order valence-electron chi connectivity index (χ3n) is 10.9.